The lowest BCUT2D eigenvalue weighted by molar-refractivity contribution is 0.0358. The highest BCUT2D eigenvalue weighted by Gasteiger charge is 2.23. The van der Waals surface area contributed by atoms with Gasteiger partial charge in [0, 0.05) is 31.4 Å². The fourth-order valence-corrected chi connectivity index (χ4v) is 3.55. The van der Waals surface area contributed by atoms with Crippen molar-refractivity contribution < 1.29 is 23.7 Å². The van der Waals surface area contributed by atoms with Gasteiger partial charge in [-0.05, 0) is 24.1 Å². The summed E-state index contributed by atoms with van der Waals surface area (Å²) in [4.78, 5) is 16.9. The van der Waals surface area contributed by atoms with Crippen molar-refractivity contribution in [3.05, 3.63) is 72.3 Å². The van der Waals surface area contributed by atoms with Crippen LogP contribution in [0, 0.1) is 0 Å². The lowest BCUT2D eigenvalue weighted by Crippen LogP contribution is -2.37. The average Bonchev–Trinajstić information content (AvgIpc) is 3.36. The van der Waals surface area contributed by atoms with Crippen LogP contribution < -0.4 is 10.1 Å². The van der Waals surface area contributed by atoms with E-state index in [1.165, 1.54) is 11.2 Å². The fourth-order valence-electron chi connectivity index (χ4n) is 3.55. The Balaban J connectivity index is 1.32. The highest BCUT2D eigenvalue weighted by molar-refractivity contribution is 5.90. The number of morpholine rings is 1. The largest absolute Gasteiger partial charge is 0.493 e. The molecule has 0 saturated carbocycles. The lowest BCUT2D eigenvalue weighted by atomic mass is 10.2. The number of rotatable bonds is 9. The number of hydrogen-bond acceptors (Lipinski definition) is 6. The first-order chi connectivity index (χ1) is 15.8. The summed E-state index contributed by atoms with van der Waals surface area (Å²) in [5.41, 5.74) is 1.63. The Morgan fingerprint density at radius 1 is 1.09 bits per heavy atom. The zero-order valence-electron chi connectivity index (χ0n) is 18.1. The number of carbonyl (C=O) groups excluding carboxylic acids is 1. The van der Waals surface area contributed by atoms with Crippen LogP contribution in [-0.2, 0) is 20.8 Å². The van der Waals surface area contributed by atoms with E-state index < -0.39 is 0 Å². The molecule has 2 aromatic carbocycles. The van der Waals surface area contributed by atoms with Crippen molar-refractivity contribution in [1.82, 2.24) is 9.80 Å². The van der Waals surface area contributed by atoms with E-state index in [2.05, 4.69) is 10.2 Å². The molecule has 2 aliphatic heterocycles. The number of ether oxygens (including phenoxy) is 4. The quantitative estimate of drug-likeness (QED) is 0.602. The lowest BCUT2D eigenvalue weighted by Gasteiger charge is -2.26. The SMILES string of the molecule is O=C(Nc1cccc(OCCCN2CCOCC2)c1)N(Cc1ccccc1)C1=COCO1. The van der Waals surface area contributed by atoms with Gasteiger partial charge in [0.05, 0.1) is 26.4 Å². The van der Waals surface area contributed by atoms with Gasteiger partial charge in [0.2, 0.25) is 12.7 Å². The standard InChI is InChI=1S/C24H29N3O5/c28-24(27(23-18-30-19-32-23)17-20-6-2-1-3-7-20)25-21-8-4-9-22(16-21)31-13-5-10-26-11-14-29-15-12-26/h1-4,6-9,16,18H,5,10-15,17,19H2,(H,25,28). The summed E-state index contributed by atoms with van der Waals surface area (Å²) in [5.74, 6) is 1.10. The van der Waals surface area contributed by atoms with E-state index in [4.69, 9.17) is 18.9 Å². The van der Waals surface area contributed by atoms with E-state index in [0.717, 1.165) is 50.6 Å². The Morgan fingerprint density at radius 3 is 2.72 bits per heavy atom. The average molecular weight is 440 g/mol. The topological polar surface area (TPSA) is 72.5 Å². The van der Waals surface area contributed by atoms with Gasteiger partial charge in [0.15, 0.2) is 0 Å². The molecule has 0 aliphatic carbocycles. The summed E-state index contributed by atoms with van der Waals surface area (Å²) in [5, 5.41) is 2.93. The second-order valence-corrected chi connectivity index (χ2v) is 7.57. The number of amides is 2. The number of nitrogens with one attached hydrogen (secondary N) is 1. The third-order valence-corrected chi connectivity index (χ3v) is 5.23. The molecule has 2 aromatic rings. The number of benzene rings is 2. The van der Waals surface area contributed by atoms with Gasteiger partial charge < -0.3 is 24.3 Å². The Morgan fingerprint density at radius 2 is 1.94 bits per heavy atom. The second-order valence-electron chi connectivity index (χ2n) is 7.57. The first kappa shape index (κ1) is 22.0. The Labute approximate surface area is 188 Å². The summed E-state index contributed by atoms with van der Waals surface area (Å²) >= 11 is 0. The smallest absolute Gasteiger partial charge is 0.329 e. The highest BCUT2D eigenvalue weighted by atomic mass is 16.7. The van der Waals surface area contributed by atoms with Crippen LogP contribution in [0.5, 0.6) is 5.75 Å². The van der Waals surface area contributed by atoms with Crippen LogP contribution in [0.25, 0.3) is 0 Å². The molecule has 0 radical (unpaired) electrons. The second kappa shape index (κ2) is 11.4. The molecule has 0 spiro atoms. The Bertz CT molecular complexity index is 900. The molecule has 4 rings (SSSR count). The van der Waals surface area contributed by atoms with Crippen molar-refractivity contribution in [2.75, 3.05) is 51.6 Å². The van der Waals surface area contributed by atoms with E-state index in [1.54, 1.807) is 0 Å². The van der Waals surface area contributed by atoms with Gasteiger partial charge in [0.1, 0.15) is 12.0 Å². The highest BCUT2D eigenvalue weighted by Crippen LogP contribution is 2.21. The molecule has 2 aliphatic rings. The minimum Gasteiger partial charge on any atom is -0.493 e. The third-order valence-electron chi connectivity index (χ3n) is 5.23. The van der Waals surface area contributed by atoms with Crippen molar-refractivity contribution in [2.24, 2.45) is 0 Å². The van der Waals surface area contributed by atoms with Crippen LogP contribution in [0.3, 0.4) is 0 Å². The molecule has 1 N–H and O–H groups in total. The molecule has 1 saturated heterocycles. The van der Waals surface area contributed by atoms with Crippen LogP contribution in [0.1, 0.15) is 12.0 Å². The Kier molecular flexibility index (Phi) is 7.84. The maximum absolute atomic E-state index is 13.0. The molecular formula is C24H29N3O5. The van der Waals surface area contributed by atoms with Crippen LogP contribution >= 0.6 is 0 Å². The maximum atomic E-state index is 13.0. The van der Waals surface area contributed by atoms with Gasteiger partial charge in [-0.15, -0.1) is 0 Å². The number of nitrogens with zero attached hydrogens (tertiary/aromatic N) is 2. The van der Waals surface area contributed by atoms with Crippen molar-refractivity contribution in [2.45, 2.75) is 13.0 Å². The van der Waals surface area contributed by atoms with E-state index in [9.17, 15) is 4.79 Å². The summed E-state index contributed by atoms with van der Waals surface area (Å²) in [6.07, 6.45) is 2.39. The first-order valence-electron chi connectivity index (χ1n) is 10.9. The van der Waals surface area contributed by atoms with Gasteiger partial charge in [0.25, 0.3) is 0 Å². The zero-order valence-corrected chi connectivity index (χ0v) is 18.1. The molecular weight excluding hydrogens is 410 g/mol. The van der Waals surface area contributed by atoms with Gasteiger partial charge in [-0.2, -0.15) is 0 Å². The number of anilines is 1. The normalized spacial score (nSPS) is 15.9. The third kappa shape index (κ3) is 6.38. The summed E-state index contributed by atoms with van der Waals surface area (Å²) in [6, 6.07) is 16.8. The van der Waals surface area contributed by atoms with Crippen molar-refractivity contribution >= 4 is 11.7 Å². The predicted molar refractivity (Wildman–Crippen MR) is 120 cm³/mol. The van der Waals surface area contributed by atoms with Crippen molar-refractivity contribution in [3.8, 4) is 5.75 Å². The number of hydrogen-bond donors (Lipinski definition) is 1. The van der Waals surface area contributed by atoms with Gasteiger partial charge in [-0.3, -0.25) is 9.80 Å². The molecule has 0 atom stereocenters. The summed E-state index contributed by atoms with van der Waals surface area (Å²) in [7, 11) is 0. The molecule has 2 amide bonds. The maximum Gasteiger partial charge on any atom is 0.329 e. The summed E-state index contributed by atoms with van der Waals surface area (Å²) < 4.78 is 21.9. The van der Waals surface area contributed by atoms with Crippen LogP contribution in [0.4, 0.5) is 10.5 Å². The molecule has 8 heteroatoms. The van der Waals surface area contributed by atoms with Gasteiger partial charge in [-0.1, -0.05) is 36.4 Å². The van der Waals surface area contributed by atoms with E-state index in [1.807, 2.05) is 54.6 Å². The molecule has 32 heavy (non-hydrogen) atoms. The molecule has 1 fully saturated rings. The first-order valence-corrected chi connectivity index (χ1v) is 10.9. The number of urea groups is 1. The van der Waals surface area contributed by atoms with Crippen molar-refractivity contribution in [3.63, 3.8) is 0 Å². The number of carbonyl (C=O) groups is 1. The summed E-state index contributed by atoms with van der Waals surface area (Å²) in [6.45, 7) is 5.63. The zero-order chi connectivity index (χ0) is 22.0. The van der Waals surface area contributed by atoms with Gasteiger partial charge in [-0.25, -0.2) is 4.79 Å². The molecule has 8 nitrogen and oxygen atoms in total. The molecule has 0 bridgehead atoms. The van der Waals surface area contributed by atoms with Crippen LogP contribution in [0.2, 0.25) is 0 Å². The Hall–Kier alpha value is -3.23. The minimum absolute atomic E-state index is 0.0989. The monoisotopic (exact) mass is 439 g/mol. The molecule has 0 aromatic heterocycles. The molecule has 170 valence electrons. The van der Waals surface area contributed by atoms with Gasteiger partial charge >= 0.3 is 6.03 Å². The minimum atomic E-state index is -0.310. The molecule has 0 unspecified atom stereocenters. The van der Waals surface area contributed by atoms with Crippen LogP contribution in [0.15, 0.2) is 66.7 Å². The van der Waals surface area contributed by atoms with Crippen molar-refractivity contribution in [1.29, 1.82) is 0 Å². The predicted octanol–water partition coefficient (Wildman–Crippen LogP) is 3.63. The van der Waals surface area contributed by atoms with E-state index in [0.29, 0.717) is 24.7 Å². The van der Waals surface area contributed by atoms with E-state index in [-0.39, 0.29) is 12.8 Å². The van der Waals surface area contributed by atoms with Crippen LogP contribution in [-0.4, -0.2) is 62.1 Å². The molecule has 2 heterocycles. The fraction of sp³-hybridized carbons (Fsp3) is 0.375. The van der Waals surface area contributed by atoms with E-state index >= 15 is 0 Å².